The Labute approximate surface area is 99.5 Å². The van der Waals surface area contributed by atoms with Gasteiger partial charge in [-0.2, -0.15) is 0 Å². The minimum atomic E-state index is -0.455. The summed E-state index contributed by atoms with van der Waals surface area (Å²) in [5, 5.41) is 10.8. The van der Waals surface area contributed by atoms with Crippen molar-refractivity contribution in [2.24, 2.45) is 5.73 Å². The fourth-order valence-corrected chi connectivity index (χ4v) is 1.36. The lowest BCUT2D eigenvalue weighted by molar-refractivity contribution is -0.385. The molecule has 0 aromatic heterocycles. The summed E-state index contributed by atoms with van der Waals surface area (Å²) in [6.07, 6.45) is 0. The molecule has 0 bridgehead atoms. The zero-order chi connectivity index (χ0) is 12.7. The second kappa shape index (κ2) is 6.82. The maximum atomic E-state index is 10.8. The molecule has 0 saturated heterocycles. The maximum Gasteiger partial charge on any atom is 0.311 e. The molecule has 94 valence electrons. The molecule has 0 unspecified atom stereocenters. The molecule has 0 amide bonds. The van der Waals surface area contributed by atoms with Gasteiger partial charge in [0.15, 0.2) is 5.75 Å². The fraction of sp³-hybridized carbons (Fsp3) is 0.455. The van der Waals surface area contributed by atoms with Crippen molar-refractivity contribution in [1.82, 2.24) is 0 Å². The first-order chi connectivity index (χ1) is 8.16. The van der Waals surface area contributed by atoms with Crippen LogP contribution in [0, 0.1) is 17.0 Å². The molecule has 0 saturated carbocycles. The van der Waals surface area contributed by atoms with E-state index in [4.69, 9.17) is 15.2 Å². The normalized spacial score (nSPS) is 10.2. The zero-order valence-electron chi connectivity index (χ0n) is 9.72. The van der Waals surface area contributed by atoms with E-state index >= 15 is 0 Å². The van der Waals surface area contributed by atoms with Gasteiger partial charge < -0.3 is 15.2 Å². The zero-order valence-corrected chi connectivity index (χ0v) is 9.72. The highest BCUT2D eigenvalue weighted by Gasteiger charge is 2.16. The number of nitrogens with two attached hydrogens (primary N) is 1. The van der Waals surface area contributed by atoms with Crippen LogP contribution in [0.15, 0.2) is 18.2 Å². The molecule has 6 heteroatoms. The number of nitro groups is 1. The average molecular weight is 240 g/mol. The van der Waals surface area contributed by atoms with E-state index in [1.54, 1.807) is 19.1 Å². The third-order valence-electron chi connectivity index (χ3n) is 2.12. The molecule has 2 N–H and O–H groups in total. The summed E-state index contributed by atoms with van der Waals surface area (Å²) in [7, 11) is 0. The quantitative estimate of drug-likeness (QED) is 0.440. The third kappa shape index (κ3) is 4.01. The number of para-hydroxylation sites is 1. The average Bonchev–Trinajstić information content (AvgIpc) is 2.30. The molecule has 1 aromatic rings. The maximum absolute atomic E-state index is 10.8. The van der Waals surface area contributed by atoms with E-state index in [-0.39, 0.29) is 12.3 Å². The standard InChI is InChI=1S/C11H16N2O4/c1-9-3-2-4-10(13(14)15)11(9)17-8-7-16-6-5-12/h2-4H,5-8,12H2,1H3. The van der Waals surface area contributed by atoms with Gasteiger partial charge >= 0.3 is 5.69 Å². The van der Waals surface area contributed by atoms with Crippen LogP contribution in [0.1, 0.15) is 5.56 Å². The second-order valence-electron chi connectivity index (χ2n) is 3.43. The second-order valence-corrected chi connectivity index (χ2v) is 3.43. The van der Waals surface area contributed by atoms with E-state index in [1.807, 2.05) is 0 Å². The Morgan fingerprint density at radius 1 is 1.35 bits per heavy atom. The van der Waals surface area contributed by atoms with Crippen molar-refractivity contribution in [3.8, 4) is 5.75 Å². The van der Waals surface area contributed by atoms with Crippen molar-refractivity contribution in [1.29, 1.82) is 0 Å². The van der Waals surface area contributed by atoms with E-state index in [9.17, 15) is 10.1 Å². The lowest BCUT2D eigenvalue weighted by Crippen LogP contribution is -2.13. The van der Waals surface area contributed by atoms with Crippen molar-refractivity contribution in [3.63, 3.8) is 0 Å². The monoisotopic (exact) mass is 240 g/mol. The van der Waals surface area contributed by atoms with Crippen LogP contribution in [0.3, 0.4) is 0 Å². The van der Waals surface area contributed by atoms with Crippen LogP contribution in [0.25, 0.3) is 0 Å². The highest BCUT2D eigenvalue weighted by atomic mass is 16.6. The lowest BCUT2D eigenvalue weighted by atomic mass is 10.2. The first kappa shape index (κ1) is 13.4. The highest BCUT2D eigenvalue weighted by Crippen LogP contribution is 2.29. The number of nitro benzene ring substituents is 1. The Hall–Kier alpha value is -1.66. The van der Waals surface area contributed by atoms with Gasteiger partial charge in [0, 0.05) is 12.6 Å². The van der Waals surface area contributed by atoms with Crippen molar-refractivity contribution < 1.29 is 14.4 Å². The van der Waals surface area contributed by atoms with Crippen molar-refractivity contribution in [2.75, 3.05) is 26.4 Å². The number of hydrogen-bond donors (Lipinski definition) is 1. The van der Waals surface area contributed by atoms with Gasteiger partial charge in [-0.15, -0.1) is 0 Å². The predicted molar refractivity (Wildman–Crippen MR) is 63.2 cm³/mol. The van der Waals surface area contributed by atoms with E-state index in [0.717, 1.165) is 5.56 Å². The predicted octanol–water partition coefficient (Wildman–Crippen LogP) is 1.26. The first-order valence-corrected chi connectivity index (χ1v) is 5.31. The van der Waals surface area contributed by atoms with Crippen LogP contribution in [-0.4, -0.2) is 31.3 Å². The van der Waals surface area contributed by atoms with Crippen molar-refractivity contribution in [3.05, 3.63) is 33.9 Å². The molecule has 0 aliphatic carbocycles. The van der Waals surface area contributed by atoms with E-state index in [0.29, 0.717) is 25.5 Å². The van der Waals surface area contributed by atoms with Gasteiger partial charge in [0.1, 0.15) is 6.61 Å². The van der Waals surface area contributed by atoms with Gasteiger partial charge in [0.05, 0.1) is 18.1 Å². The minimum Gasteiger partial charge on any atom is -0.484 e. The Bertz CT molecular complexity index is 382. The van der Waals surface area contributed by atoms with Gasteiger partial charge in [-0.1, -0.05) is 12.1 Å². The number of aryl methyl sites for hydroxylation is 1. The van der Waals surface area contributed by atoms with Crippen LogP contribution >= 0.6 is 0 Å². The molecule has 0 spiro atoms. The summed E-state index contributed by atoms with van der Waals surface area (Å²) in [6.45, 7) is 3.31. The van der Waals surface area contributed by atoms with Gasteiger partial charge in [0.25, 0.3) is 0 Å². The number of nitrogens with zero attached hydrogens (tertiary/aromatic N) is 1. The van der Waals surface area contributed by atoms with Crippen LogP contribution in [-0.2, 0) is 4.74 Å². The Balaban J connectivity index is 2.60. The fourth-order valence-electron chi connectivity index (χ4n) is 1.36. The highest BCUT2D eigenvalue weighted by molar-refractivity contribution is 5.51. The molecular formula is C11H16N2O4. The van der Waals surface area contributed by atoms with Gasteiger partial charge in [-0.05, 0) is 12.5 Å². The van der Waals surface area contributed by atoms with Gasteiger partial charge in [-0.25, -0.2) is 0 Å². The van der Waals surface area contributed by atoms with E-state index in [2.05, 4.69) is 0 Å². The summed E-state index contributed by atoms with van der Waals surface area (Å²) in [5.74, 6) is 0.300. The molecule has 0 aliphatic heterocycles. The smallest absolute Gasteiger partial charge is 0.311 e. The van der Waals surface area contributed by atoms with Gasteiger partial charge in [-0.3, -0.25) is 10.1 Å². The molecular weight excluding hydrogens is 224 g/mol. The SMILES string of the molecule is Cc1cccc([N+](=O)[O-])c1OCCOCCN. The molecule has 0 atom stereocenters. The number of benzene rings is 1. The minimum absolute atomic E-state index is 0.0242. The summed E-state index contributed by atoms with van der Waals surface area (Å²) < 4.78 is 10.5. The van der Waals surface area contributed by atoms with E-state index < -0.39 is 4.92 Å². The molecule has 6 nitrogen and oxygen atoms in total. The number of rotatable bonds is 7. The Kier molecular flexibility index (Phi) is 5.38. The summed E-state index contributed by atoms with van der Waals surface area (Å²) >= 11 is 0. The number of ether oxygens (including phenoxy) is 2. The topological polar surface area (TPSA) is 87.6 Å². The van der Waals surface area contributed by atoms with Crippen LogP contribution in [0.5, 0.6) is 5.75 Å². The molecule has 0 heterocycles. The molecule has 0 fully saturated rings. The lowest BCUT2D eigenvalue weighted by Gasteiger charge is -2.09. The first-order valence-electron chi connectivity index (χ1n) is 5.31. The molecule has 1 rings (SSSR count). The molecule has 1 aromatic carbocycles. The summed E-state index contributed by atoms with van der Waals surface area (Å²) in [5.41, 5.74) is 5.96. The molecule has 17 heavy (non-hydrogen) atoms. The Morgan fingerprint density at radius 3 is 2.76 bits per heavy atom. The van der Waals surface area contributed by atoms with Gasteiger partial charge in [0.2, 0.25) is 0 Å². The summed E-state index contributed by atoms with van der Waals surface area (Å²) in [6, 6.07) is 4.82. The van der Waals surface area contributed by atoms with Crippen LogP contribution in [0.4, 0.5) is 5.69 Å². The number of hydrogen-bond acceptors (Lipinski definition) is 5. The van der Waals surface area contributed by atoms with Crippen molar-refractivity contribution >= 4 is 5.69 Å². The molecule has 0 aliphatic rings. The third-order valence-corrected chi connectivity index (χ3v) is 2.12. The largest absolute Gasteiger partial charge is 0.484 e. The van der Waals surface area contributed by atoms with Crippen LogP contribution in [0.2, 0.25) is 0 Å². The summed E-state index contributed by atoms with van der Waals surface area (Å²) in [4.78, 5) is 10.3. The van der Waals surface area contributed by atoms with Crippen molar-refractivity contribution in [2.45, 2.75) is 6.92 Å². The molecule has 0 radical (unpaired) electrons. The Morgan fingerprint density at radius 2 is 2.12 bits per heavy atom. The van der Waals surface area contributed by atoms with E-state index in [1.165, 1.54) is 6.07 Å². The van der Waals surface area contributed by atoms with Crippen LogP contribution < -0.4 is 10.5 Å².